The Hall–Kier alpha value is -1.06. The van der Waals surface area contributed by atoms with Gasteiger partial charge in [-0.25, -0.2) is 0 Å². The van der Waals surface area contributed by atoms with Crippen LogP contribution in [0.15, 0.2) is 24.3 Å². The average Bonchev–Trinajstić information content (AvgIpc) is 2.35. The molecule has 0 aliphatic rings. The van der Waals surface area contributed by atoms with Gasteiger partial charge in [-0.1, -0.05) is 32.0 Å². The van der Waals surface area contributed by atoms with Crippen LogP contribution in [0.25, 0.3) is 0 Å². The summed E-state index contributed by atoms with van der Waals surface area (Å²) in [5.74, 6) is 0.975. The van der Waals surface area contributed by atoms with E-state index in [2.05, 4.69) is 31.3 Å². The molecule has 1 aromatic rings. The van der Waals surface area contributed by atoms with Crippen LogP contribution in [0.5, 0.6) is 5.75 Å². The van der Waals surface area contributed by atoms with E-state index in [-0.39, 0.29) is 5.41 Å². The van der Waals surface area contributed by atoms with E-state index in [1.807, 2.05) is 12.1 Å². The van der Waals surface area contributed by atoms with E-state index in [1.54, 1.807) is 14.2 Å². The molecule has 18 heavy (non-hydrogen) atoms. The molecule has 0 aliphatic carbocycles. The summed E-state index contributed by atoms with van der Waals surface area (Å²) in [7, 11) is 3.45. The Morgan fingerprint density at radius 1 is 1.17 bits per heavy atom. The molecule has 0 aromatic heterocycles. The molecule has 0 heterocycles. The van der Waals surface area contributed by atoms with Crippen molar-refractivity contribution >= 4 is 0 Å². The van der Waals surface area contributed by atoms with Crippen molar-refractivity contribution in [2.75, 3.05) is 33.9 Å². The fourth-order valence-electron chi connectivity index (χ4n) is 2.03. The Morgan fingerprint density at radius 3 is 2.56 bits per heavy atom. The summed E-state index contributed by atoms with van der Waals surface area (Å²) in [6.07, 6.45) is 0.997. The van der Waals surface area contributed by atoms with E-state index in [0.29, 0.717) is 0 Å². The van der Waals surface area contributed by atoms with Crippen LogP contribution in [0.3, 0.4) is 0 Å². The first-order valence-electron chi connectivity index (χ1n) is 6.40. The Balaban J connectivity index is 2.53. The largest absolute Gasteiger partial charge is 0.496 e. The molecule has 0 saturated carbocycles. The summed E-state index contributed by atoms with van der Waals surface area (Å²) < 4.78 is 10.4. The van der Waals surface area contributed by atoms with E-state index in [1.165, 1.54) is 5.56 Å². The molecule has 1 rings (SSSR count). The molecule has 0 fully saturated rings. The molecule has 0 unspecified atom stereocenters. The molecule has 1 aromatic carbocycles. The second kappa shape index (κ2) is 7.39. The first-order chi connectivity index (χ1) is 8.59. The fraction of sp³-hybridized carbons (Fsp3) is 0.600. The van der Waals surface area contributed by atoms with Gasteiger partial charge in [0.1, 0.15) is 5.75 Å². The number of para-hydroxylation sites is 1. The molecule has 0 atom stereocenters. The van der Waals surface area contributed by atoms with Crippen LogP contribution >= 0.6 is 0 Å². The van der Waals surface area contributed by atoms with Gasteiger partial charge in [0.05, 0.1) is 13.7 Å². The summed E-state index contributed by atoms with van der Waals surface area (Å²) in [6, 6.07) is 8.22. The van der Waals surface area contributed by atoms with Crippen LogP contribution in [-0.2, 0) is 11.2 Å². The third-order valence-electron chi connectivity index (χ3n) is 2.95. The molecule has 0 radical (unpaired) electrons. The zero-order valence-corrected chi connectivity index (χ0v) is 12.0. The summed E-state index contributed by atoms with van der Waals surface area (Å²) in [4.78, 5) is 0. The summed E-state index contributed by atoms with van der Waals surface area (Å²) >= 11 is 0. The maximum Gasteiger partial charge on any atom is 0.122 e. The van der Waals surface area contributed by atoms with Crippen LogP contribution in [0, 0.1) is 5.41 Å². The maximum absolute atomic E-state index is 5.39. The summed E-state index contributed by atoms with van der Waals surface area (Å²) in [5, 5.41) is 3.42. The van der Waals surface area contributed by atoms with Gasteiger partial charge >= 0.3 is 0 Å². The zero-order valence-electron chi connectivity index (χ0n) is 12.0. The van der Waals surface area contributed by atoms with Crippen molar-refractivity contribution in [3.05, 3.63) is 29.8 Å². The lowest BCUT2D eigenvalue weighted by Crippen LogP contribution is -2.33. The molecule has 0 aliphatic heterocycles. The van der Waals surface area contributed by atoms with E-state index < -0.39 is 0 Å². The summed E-state index contributed by atoms with van der Waals surface area (Å²) in [5.41, 5.74) is 1.46. The first kappa shape index (κ1) is 15.0. The standard InChI is InChI=1S/C15H25NO2/c1-15(2,12-16-9-10-17-3)11-13-7-5-6-8-14(13)18-4/h5-8,16H,9-12H2,1-4H3. The number of ether oxygens (including phenoxy) is 2. The van der Waals surface area contributed by atoms with Gasteiger partial charge in [-0.15, -0.1) is 0 Å². The Morgan fingerprint density at radius 2 is 1.89 bits per heavy atom. The third kappa shape index (κ3) is 5.07. The van der Waals surface area contributed by atoms with E-state index >= 15 is 0 Å². The highest BCUT2D eigenvalue weighted by Crippen LogP contribution is 2.27. The highest BCUT2D eigenvalue weighted by atomic mass is 16.5. The van der Waals surface area contributed by atoms with Crippen molar-refractivity contribution in [2.24, 2.45) is 5.41 Å². The highest BCUT2D eigenvalue weighted by Gasteiger charge is 2.19. The van der Waals surface area contributed by atoms with Crippen LogP contribution in [0.1, 0.15) is 19.4 Å². The molecule has 3 nitrogen and oxygen atoms in total. The number of methoxy groups -OCH3 is 2. The lowest BCUT2D eigenvalue weighted by molar-refractivity contribution is 0.194. The van der Waals surface area contributed by atoms with Crippen LogP contribution in [-0.4, -0.2) is 33.9 Å². The van der Waals surface area contributed by atoms with Gasteiger partial charge in [0.15, 0.2) is 0 Å². The quantitative estimate of drug-likeness (QED) is 0.720. The maximum atomic E-state index is 5.39. The van der Waals surface area contributed by atoms with Crippen molar-refractivity contribution in [3.63, 3.8) is 0 Å². The number of hydrogen-bond donors (Lipinski definition) is 1. The van der Waals surface area contributed by atoms with Gasteiger partial charge in [0, 0.05) is 20.2 Å². The van der Waals surface area contributed by atoms with E-state index in [4.69, 9.17) is 9.47 Å². The van der Waals surface area contributed by atoms with Crippen molar-refractivity contribution in [1.29, 1.82) is 0 Å². The molecule has 0 saturated heterocycles. The minimum absolute atomic E-state index is 0.197. The van der Waals surface area contributed by atoms with Gasteiger partial charge < -0.3 is 14.8 Å². The lowest BCUT2D eigenvalue weighted by atomic mass is 9.85. The fourth-order valence-corrected chi connectivity index (χ4v) is 2.03. The number of nitrogens with one attached hydrogen (secondary N) is 1. The first-order valence-corrected chi connectivity index (χ1v) is 6.40. The SMILES string of the molecule is COCCNCC(C)(C)Cc1ccccc1OC. The van der Waals surface area contributed by atoms with Crippen molar-refractivity contribution in [3.8, 4) is 5.75 Å². The topological polar surface area (TPSA) is 30.5 Å². The molecular weight excluding hydrogens is 226 g/mol. The predicted octanol–water partition coefficient (Wildman–Crippen LogP) is 2.50. The minimum atomic E-state index is 0.197. The normalized spacial score (nSPS) is 11.6. The minimum Gasteiger partial charge on any atom is -0.496 e. The number of rotatable bonds is 8. The van der Waals surface area contributed by atoms with E-state index in [9.17, 15) is 0 Å². The van der Waals surface area contributed by atoms with Crippen molar-refractivity contribution < 1.29 is 9.47 Å². The Kier molecular flexibility index (Phi) is 6.16. The summed E-state index contributed by atoms with van der Waals surface area (Å²) in [6.45, 7) is 7.14. The molecular formula is C15H25NO2. The molecule has 102 valence electrons. The van der Waals surface area contributed by atoms with Crippen molar-refractivity contribution in [1.82, 2.24) is 5.32 Å². The average molecular weight is 251 g/mol. The van der Waals surface area contributed by atoms with Gasteiger partial charge in [-0.3, -0.25) is 0 Å². The Labute approximate surface area is 110 Å². The van der Waals surface area contributed by atoms with Gasteiger partial charge in [-0.2, -0.15) is 0 Å². The Bertz CT molecular complexity index is 350. The molecule has 0 bridgehead atoms. The monoisotopic (exact) mass is 251 g/mol. The van der Waals surface area contributed by atoms with Crippen LogP contribution < -0.4 is 10.1 Å². The van der Waals surface area contributed by atoms with Crippen molar-refractivity contribution in [2.45, 2.75) is 20.3 Å². The van der Waals surface area contributed by atoms with Gasteiger partial charge in [0.2, 0.25) is 0 Å². The van der Waals surface area contributed by atoms with Gasteiger partial charge in [-0.05, 0) is 23.5 Å². The third-order valence-corrected chi connectivity index (χ3v) is 2.95. The molecule has 1 N–H and O–H groups in total. The molecule has 3 heteroatoms. The van der Waals surface area contributed by atoms with Gasteiger partial charge in [0.25, 0.3) is 0 Å². The highest BCUT2D eigenvalue weighted by molar-refractivity contribution is 5.33. The molecule has 0 amide bonds. The predicted molar refractivity (Wildman–Crippen MR) is 75.2 cm³/mol. The second-order valence-corrected chi connectivity index (χ2v) is 5.32. The van der Waals surface area contributed by atoms with Crippen LogP contribution in [0.4, 0.5) is 0 Å². The number of hydrogen-bond acceptors (Lipinski definition) is 3. The van der Waals surface area contributed by atoms with E-state index in [0.717, 1.165) is 31.9 Å². The number of benzene rings is 1. The van der Waals surface area contributed by atoms with Crippen LogP contribution in [0.2, 0.25) is 0 Å². The zero-order chi connectivity index (χ0) is 13.4. The molecule has 0 spiro atoms. The second-order valence-electron chi connectivity index (χ2n) is 5.32. The smallest absolute Gasteiger partial charge is 0.122 e. The lowest BCUT2D eigenvalue weighted by Gasteiger charge is -2.26.